The van der Waals surface area contributed by atoms with Gasteiger partial charge in [-0.25, -0.2) is 0 Å². The average molecular weight is 165 g/mol. The second-order valence-corrected chi connectivity index (χ2v) is 2.10. The number of terminal acetylenes is 1. The number of hydrogen-bond donors (Lipinski definition) is 0. The number of pyridine rings is 1. The molecule has 1 aromatic rings. The molecule has 0 aliphatic rings. The van der Waals surface area contributed by atoms with Crippen molar-refractivity contribution in [2.75, 3.05) is 6.61 Å². The number of aromatic nitrogens is 1. The summed E-state index contributed by atoms with van der Waals surface area (Å²) < 4.78 is 17.5. The number of ether oxygens (including phenoxy) is 1. The predicted molar refractivity (Wildman–Crippen MR) is 43.1 cm³/mol. The van der Waals surface area contributed by atoms with Gasteiger partial charge in [0, 0.05) is 12.5 Å². The number of halogens is 1. The maximum atomic E-state index is 12.4. The molecule has 0 saturated carbocycles. The fourth-order valence-electron chi connectivity index (χ4n) is 0.685. The predicted octanol–water partition coefficient (Wildman–Crippen LogP) is 1.62. The van der Waals surface area contributed by atoms with E-state index < -0.39 is 5.95 Å². The molecule has 0 spiro atoms. The van der Waals surface area contributed by atoms with Crippen molar-refractivity contribution in [3.05, 3.63) is 24.1 Å². The lowest BCUT2D eigenvalue weighted by molar-refractivity contribution is 0.309. The minimum atomic E-state index is -0.548. The van der Waals surface area contributed by atoms with Crippen LogP contribution in [0.5, 0.6) is 5.88 Å². The highest BCUT2D eigenvalue weighted by Gasteiger charge is 1.95. The van der Waals surface area contributed by atoms with Crippen molar-refractivity contribution in [2.24, 2.45) is 0 Å². The van der Waals surface area contributed by atoms with Crippen LogP contribution in [0, 0.1) is 18.3 Å². The van der Waals surface area contributed by atoms with Gasteiger partial charge in [0.2, 0.25) is 11.8 Å². The van der Waals surface area contributed by atoms with E-state index in [9.17, 15) is 4.39 Å². The van der Waals surface area contributed by atoms with Gasteiger partial charge in [-0.05, 0) is 6.07 Å². The van der Waals surface area contributed by atoms with E-state index in [1.807, 2.05) is 0 Å². The van der Waals surface area contributed by atoms with Crippen LogP contribution in [0.3, 0.4) is 0 Å². The molecular formula is C9H8FNO. The molecule has 0 fully saturated rings. The second kappa shape index (κ2) is 4.35. The molecule has 0 aromatic carbocycles. The zero-order chi connectivity index (χ0) is 8.81. The largest absolute Gasteiger partial charge is 0.477 e. The van der Waals surface area contributed by atoms with Crippen LogP contribution in [0.1, 0.15) is 6.42 Å². The Kier molecular flexibility index (Phi) is 3.09. The third kappa shape index (κ3) is 2.59. The summed E-state index contributed by atoms with van der Waals surface area (Å²) in [4.78, 5) is 3.49. The molecule has 0 N–H and O–H groups in total. The molecule has 2 nitrogen and oxygen atoms in total. The lowest BCUT2D eigenvalue weighted by Crippen LogP contribution is -1.98. The molecule has 0 bridgehead atoms. The van der Waals surface area contributed by atoms with Crippen LogP contribution in [0.4, 0.5) is 4.39 Å². The highest BCUT2D eigenvalue weighted by molar-refractivity contribution is 5.10. The Morgan fingerprint density at radius 2 is 2.42 bits per heavy atom. The third-order valence-electron chi connectivity index (χ3n) is 1.19. The molecule has 62 valence electrons. The van der Waals surface area contributed by atoms with Crippen LogP contribution in [-0.2, 0) is 0 Å². The first-order valence-corrected chi connectivity index (χ1v) is 3.52. The molecule has 1 aromatic heterocycles. The average Bonchev–Trinajstić information content (AvgIpc) is 2.05. The molecule has 0 amide bonds. The van der Waals surface area contributed by atoms with Crippen LogP contribution in [-0.4, -0.2) is 11.6 Å². The minimum Gasteiger partial charge on any atom is -0.477 e. The highest BCUT2D eigenvalue weighted by atomic mass is 19.1. The molecule has 0 aliphatic carbocycles. The summed E-state index contributed by atoms with van der Waals surface area (Å²) in [5.41, 5.74) is 0. The fraction of sp³-hybridized carbons (Fsp3) is 0.222. The summed E-state index contributed by atoms with van der Waals surface area (Å²) in [6.07, 6.45) is 5.50. The standard InChI is InChI=1S/C9H8FNO/c1-2-3-7-12-9-6-4-5-8(10)11-9/h1,4-6H,3,7H2. The van der Waals surface area contributed by atoms with Gasteiger partial charge in [-0.3, -0.25) is 0 Å². The maximum Gasteiger partial charge on any atom is 0.216 e. The summed E-state index contributed by atoms with van der Waals surface area (Å²) >= 11 is 0. The highest BCUT2D eigenvalue weighted by Crippen LogP contribution is 2.05. The van der Waals surface area contributed by atoms with Crippen molar-refractivity contribution in [3.63, 3.8) is 0 Å². The molecule has 0 unspecified atom stereocenters. The Morgan fingerprint density at radius 1 is 1.58 bits per heavy atom. The van der Waals surface area contributed by atoms with E-state index in [2.05, 4.69) is 10.9 Å². The van der Waals surface area contributed by atoms with Crippen molar-refractivity contribution in [2.45, 2.75) is 6.42 Å². The molecule has 12 heavy (non-hydrogen) atoms. The Morgan fingerprint density at radius 3 is 3.08 bits per heavy atom. The SMILES string of the molecule is C#CCCOc1cccc(F)n1. The topological polar surface area (TPSA) is 22.1 Å². The Balaban J connectivity index is 2.48. The van der Waals surface area contributed by atoms with Gasteiger partial charge in [0.25, 0.3) is 0 Å². The van der Waals surface area contributed by atoms with Crippen LogP contribution < -0.4 is 4.74 Å². The zero-order valence-electron chi connectivity index (χ0n) is 6.46. The van der Waals surface area contributed by atoms with Crippen LogP contribution >= 0.6 is 0 Å². The van der Waals surface area contributed by atoms with Gasteiger partial charge in [-0.2, -0.15) is 9.37 Å². The first kappa shape index (κ1) is 8.54. The summed E-state index contributed by atoms with van der Waals surface area (Å²) in [6, 6.07) is 4.38. The third-order valence-corrected chi connectivity index (χ3v) is 1.19. The van der Waals surface area contributed by atoms with Gasteiger partial charge >= 0.3 is 0 Å². The lowest BCUT2D eigenvalue weighted by Gasteiger charge is -2.00. The van der Waals surface area contributed by atoms with Gasteiger partial charge in [-0.1, -0.05) is 6.07 Å². The molecule has 0 radical (unpaired) electrons. The summed E-state index contributed by atoms with van der Waals surface area (Å²) in [7, 11) is 0. The quantitative estimate of drug-likeness (QED) is 0.385. The van der Waals surface area contributed by atoms with Crippen molar-refractivity contribution in [3.8, 4) is 18.2 Å². The van der Waals surface area contributed by atoms with E-state index in [-0.39, 0.29) is 5.88 Å². The van der Waals surface area contributed by atoms with Gasteiger partial charge in [-0.15, -0.1) is 12.3 Å². The first-order valence-electron chi connectivity index (χ1n) is 3.52. The first-order chi connectivity index (χ1) is 5.83. The summed E-state index contributed by atoms with van der Waals surface area (Å²) in [5.74, 6) is 2.13. The van der Waals surface area contributed by atoms with E-state index in [1.165, 1.54) is 12.1 Å². The fourth-order valence-corrected chi connectivity index (χ4v) is 0.685. The van der Waals surface area contributed by atoms with Gasteiger partial charge in [0.05, 0.1) is 0 Å². The normalized spacial score (nSPS) is 9.00. The van der Waals surface area contributed by atoms with E-state index in [4.69, 9.17) is 11.2 Å². The lowest BCUT2D eigenvalue weighted by atomic mass is 10.4. The van der Waals surface area contributed by atoms with E-state index >= 15 is 0 Å². The van der Waals surface area contributed by atoms with E-state index in [0.717, 1.165) is 0 Å². The zero-order valence-corrected chi connectivity index (χ0v) is 6.46. The number of rotatable bonds is 3. The summed E-state index contributed by atoms with van der Waals surface area (Å²) in [6.45, 7) is 0.368. The van der Waals surface area contributed by atoms with Crippen LogP contribution in [0.2, 0.25) is 0 Å². The monoisotopic (exact) mass is 165 g/mol. The second-order valence-electron chi connectivity index (χ2n) is 2.10. The molecular weight excluding hydrogens is 157 g/mol. The molecule has 1 heterocycles. The molecule has 0 atom stereocenters. The van der Waals surface area contributed by atoms with Crippen molar-refractivity contribution in [1.82, 2.24) is 4.98 Å². The van der Waals surface area contributed by atoms with Gasteiger partial charge in [0.1, 0.15) is 6.61 Å². The molecule has 1 rings (SSSR count). The van der Waals surface area contributed by atoms with Crippen LogP contribution in [0.25, 0.3) is 0 Å². The van der Waals surface area contributed by atoms with Crippen molar-refractivity contribution < 1.29 is 9.13 Å². The van der Waals surface area contributed by atoms with E-state index in [0.29, 0.717) is 13.0 Å². The number of nitrogens with zero attached hydrogens (tertiary/aromatic N) is 1. The van der Waals surface area contributed by atoms with E-state index in [1.54, 1.807) is 6.07 Å². The van der Waals surface area contributed by atoms with Gasteiger partial charge < -0.3 is 4.74 Å². The van der Waals surface area contributed by atoms with Gasteiger partial charge in [0.15, 0.2) is 0 Å². The molecule has 0 saturated heterocycles. The van der Waals surface area contributed by atoms with Crippen LogP contribution in [0.15, 0.2) is 18.2 Å². The summed E-state index contributed by atoms with van der Waals surface area (Å²) in [5, 5.41) is 0. The Bertz CT molecular complexity index is 293. The maximum absolute atomic E-state index is 12.4. The minimum absolute atomic E-state index is 0.269. The Labute approximate surface area is 70.4 Å². The molecule has 3 heteroatoms. The Hall–Kier alpha value is -1.56. The smallest absolute Gasteiger partial charge is 0.216 e. The molecule has 0 aliphatic heterocycles. The van der Waals surface area contributed by atoms with Crippen molar-refractivity contribution >= 4 is 0 Å². The number of hydrogen-bond acceptors (Lipinski definition) is 2. The van der Waals surface area contributed by atoms with Crippen molar-refractivity contribution in [1.29, 1.82) is 0 Å².